The van der Waals surface area contributed by atoms with Gasteiger partial charge in [-0.25, -0.2) is 0 Å². The second-order valence-corrected chi connectivity index (χ2v) is 7.78. The molecule has 1 aromatic carbocycles. The monoisotopic (exact) mass is 381 g/mol. The lowest BCUT2D eigenvalue weighted by atomic mass is 9.79. The fourth-order valence-corrected chi connectivity index (χ4v) is 4.32. The van der Waals surface area contributed by atoms with E-state index in [9.17, 15) is 9.90 Å². The maximum absolute atomic E-state index is 13.0. The van der Waals surface area contributed by atoms with Gasteiger partial charge in [-0.1, -0.05) is 30.3 Å². The lowest BCUT2D eigenvalue weighted by Crippen LogP contribution is -2.64. The molecule has 2 aromatic rings. The molecular formula is C21H27N5O2. The Hall–Kier alpha value is -2.35. The van der Waals surface area contributed by atoms with Crippen LogP contribution in [0.3, 0.4) is 0 Å². The van der Waals surface area contributed by atoms with E-state index in [0.29, 0.717) is 25.1 Å². The molecule has 2 fully saturated rings. The average Bonchev–Trinajstić information content (AvgIpc) is 2.75. The minimum atomic E-state index is -0.968. The van der Waals surface area contributed by atoms with E-state index >= 15 is 0 Å². The van der Waals surface area contributed by atoms with Gasteiger partial charge in [-0.15, -0.1) is 0 Å². The van der Waals surface area contributed by atoms with Crippen molar-refractivity contribution in [1.82, 2.24) is 24.9 Å². The van der Waals surface area contributed by atoms with Gasteiger partial charge < -0.3 is 14.9 Å². The fourth-order valence-electron chi connectivity index (χ4n) is 4.32. The number of piperazine rings is 1. The Balaban J connectivity index is 1.61. The highest BCUT2D eigenvalue weighted by atomic mass is 16.3. The van der Waals surface area contributed by atoms with Crippen molar-refractivity contribution in [3.8, 4) is 0 Å². The van der Waals surface area contributed by atoms with E-state index < -0.39 is 5.60 Å². The minimum absolute atomic E-state index is 0.0517. The van der Waals surface area contributed by atoms with Crippen molar-refractivity contribution in [2.24, 2.45) is 0 Å². The van der Waals surface area contributed by atoms with Crippen LogP contribution in [0, 0.1) is 0 Å². The molecule has 2 atom stereocenters. The molecule has 148 valence electrons. The normalized spacial score (nSPS) is 26.9. The number of carbonyl (C=O) groups excluding carboxylic acids is 1. The highest BCUT2D eigenvalue weighted by Gasteiger charge is 2.47. The van der Waals surface area contributed by atoms with Gasteiger partial charge in [0, 0.05) is 39.3 Å². The second-order valence-electron chi connectivity index (χ2n) is 7.78. The number of likely N-dealkylation sites (N-methyl/N-ethyl adjacent to an activating group) is 1. The van der Waals surface area contributed by atoms with Crippen LogP contribution in [0.2, 0.25) is 0 Å². The Morgan fingerprint density at radius 1 is 1.07 bits per heavy atom. The van der Waals surface area contributed by atoms with Crippen molar-refractivity contribution in [3.05, 3.63) is 59.9 Å². The molecule has 0 radical (unpaired) electrons. The van der Waals surface area contributed by atoms with Crippen LogP contribution < -0.4 is 0 Å². The summed E-state index contributed by atoms with van der Waals surface area (Å²) in [7, 11) is 2.12. The molecule has 2 saturated heterocycles. The van der Waals surface area contributed by atoms with Crippen LogP contribution in [0.5, 0.6) is 0 Å². The number of hydrogen-bond donors (Lipinski definition) is 1. The Morgan fingerprint density at radius 2 is 1.82 bits per heavy atom. The first-order valence-corrected chi connectivity index (χ1v) is 9.84. The number of rotatable bonds is 3. The molecule has 1 amide bonds. The lowest BCUT2D eigenvalue weighted by molar-refractivity contribution is -0.101. The van der Waals surface area contributed by atoms with E-state index in [0.717, 1.165) is 31.7 Å². The zero-order valence-corrected chi connectivity index (χ0v) is 16.2. The number of piperidine rings is 1. The molecule has 3 heterocycles. The van der Waals surface area contributed by atoms with E-state index in [1.54, 1.807) is 6.07 Å². The highest BCUT2D eigenvalue weighted by Crippen LogP contribution is 2.36. The van der Waals surface area contributed by atoms with E-state index in [1.165, 1.54) is 12.4 Å². The first-order chi connectivity index (χ1) is 13.6. The lowest BCUT2D eigenvalue weighted by Gasteiger charge is -2.51. The van der Waals surface area contributed by atoms with Gasteiger partial charge in [-0.2, -0.15) is 10.2 Å². The summed E-state index contributed by atoms with van der Waals surface area (Å²) in [5, 5.41) is 19.4. The molecule has 2 aliphatic rings. The van der Waals surface area contributed by atoms with Gasteiger partial charge in [0.15, 0.2) is 0 Å². The molecule has 0 saturated carbocycles. The molecular weight excluding hydrogens is 354 g/mol. The molecule has 2 aliphatic heterocycles. The summed E-state index contributed by atoms with van der Waals surface area (Å²) in [6, 6.07) is 11.4. The predicted molar refractivity (Wildman–Crippen MR) is 106 cm³/mol. The van der Waals surface area contributed by atoms with E-state index in [-0.39, 0.29) is 11.9 Å². The van der Waals surface area contributed by atoms with E-state index in [4.69, 9.17) is 0 Å². The maximum atomic E-state index is 13.0. The molecule has 7 heteroatoms. The van der Waals surface area contributed by atoms with Crippen LogP contribution in [0.1, 0.15) is 22.3 Å². The average molecular weight is 381 g/mol. The van der Waals surface area contributed by atoms with Gasteiger partial charge in [0.05, 0.1) is 24.0 Å². The molecule has 7 nitrogen and oxygen atoms in total. The summed E-state index contributed by atoms with van der Waals surface area (Å²) >= 11 is 0. The number of benzene rings is 1. The van der Waals surface area contributed by atoms with Crippen molar-refractivity contribution in [2.45, 2.75) is 18.1 Å². The predicted octanol–water partition coefficient (Wildman–Crippen LogP) is 0.826. The Bertz CT molecular complexity index is 795. The molecule has 4 rings (SSSR count). The Kier molecular flexibility index (Phi) is 5.39. The standard InChI is InChI=1S/C21H27N5O2/c1-24-11-13-25(14-12-24)19-16-26(20(27)17-7-9-22-23-15-17)10-8-21(19,28)18-5-3-2-4-6-18/h2-7,9,15,19,28H,8,10-14,16H2,1H3/t19-,21+/m1/s1. The number of amides is 1. The molecule has 0 unspecified atom stereocenters. The Morgan fingerprint density at radius 3 is 2.50 bits per heavy atom. The van der Waals surface area contributed by atoms with Crippen molar-refractivity contribution >= 4 is 5.91 Å². The van der Waals surface area contributed by atoms with Gasteiger partial charge in [-0.05, 0) is 25.1 Å². The zero-order valence-electron chi connectivity index (χ0n) is 16.2. The van der Waals surface area contributed by atoms with Crippen LogP contribution in [0.25, 0.3) is 0 Å². The second kappa shape index (κ2) is 7.95. The first-order valence-electron chi connectivity index (χ1n) is 9.84. The fraction of sp³-hybridized carbons (Fsp3) is 0.476. The van der Waals surface area contributed by atoms with Gasteiger partial charge in [0.2, 0.25) is 0 Å². The third-order valence-electron chi connectivity index (χ3n) is 6.08. The molecule has 1 aromatic heterocycles. The summed E-state index contributed by atoms with van der Waals surface area (Å²) in [6.45, 7) is 4.70. The summed E-state index contributed by atoms with van der Waals surface area (Å²) in [5.41, 5.74) is 0.499. The van der Waals surface area contributed by atoms with Gasteiger partial charge in [0.1, 0.15) is 5.60 Å². The third kappa shape index (κ3) is 3.65. The largest absolute Gasteiger partial charge is 0.383 e. The summed E-state index contributed by atoms with van der Waals surface area (Å²) < 4.78 is 0. The van der Waals surface area contributed by atoms with E-state index in [1.807, 2.05) is 35.2 Å². The van der Waals surface area contributed by atoms with Crippen molar-refractivity contribution < 1.29 is 9.90 Å². The SMILES string of the molecule is CN1CCN([C@@H]2CN(C(=O)c3ccnnc3)CC[C@]2(O)c2ccccc2)CC1. The van der Waals surface area contributed by atoms with Crippen molar-refractivity contribution in [1.29, 1.82) is 0 Å². The van der Waals surface area contributed by atoms with Crippen LogP contribution >= 0.6 is 0 Å². The van der Waals surface area contributed by atoms with Crippen LogP contribution in [-0.4, -0.2) is 88.3 Å². The van der Waals surface area contributed by atoms with Gasteiger partial charge in [0.25, 0.3) is 5.91 Å². The van der Waals surface area contributed by atoms with E-state index in [2.05, 4.69) is 27.0 Å². The minimum Gasteiger partial charge on any atom is -0.383 e. The highest BCUT2D eigenvalue weighted by molar-refractivity contribution is 5.93. The molecule has 0 aliphatic carbocycles. The number of nitrogens with zero attached hydrogens (tertiary/aromatic N) is 5. The molecule has 1 N–H and O–H groups in total. The van der Waals surface area contributed by atoms with Crippen LogP contribution in [-0.2, 0) is 5.60 Å². The zero-order chi connectivity index (χ0) is 19.6. The summed E-state index contributed by atoms with van der Waals surface area (Å²) in [4.78, 5) is 19.5. The summed E-state index contributed by atoms with van der Waals surface area (Å²) in [6.07, 6.45) is 3.55. The molecule has 28 heavy (non-hydrogen) atoms. The van der Waals surface area contributed by atoms with Gasteiger partial charge >= 0.3 is 0 Å². The first kappa shape index (κ1) is 19.0. The third-order valence-corrected chi connectivity index (χ3v) is 6.08. The molecule has 0 spiro atoms. The number of hydrogen-bond acceptors (Lipinski definition) is 6. The van der Waals surface area contributed by atoms with Crippen LogP contribution in [0.15, 0.2) is 48.8 Å². The number of aromatic nitrogens is 2. The Labute approximate surface area is 165 Å². The quantitative estimate of drug-likeness (QED) is 0.849. The maximum Gasteiger partial charge on any atom is 0.255 e. The van der Waals surface area contributed by atoms with Crippen molar-refractivity contribution in [3.63, 3.8) is 0 Å². The number of likely N-dealkylation sites (tertiary alicyclic amines) is 1. The number of carbonyl (C=O) groups is 1. The van der Waals surface area contributed by atoms with Crippen LogP contribution in [0.4, 0.5) is 0 Å². The number of aliphatic hydroxyl groups is 1. The molecule has 0 bridgehead atoms. The summed E-state index contributed by atoms with van der Waals surface area (Å²) in [5.74, 6) is -0.0517. The van der Waals surface area contributed by atoms with Crippen molar-refractivity contribution in [2.75, 3.05) is 46.3 Å². The smallest absolute Gasteiger partial charge is 0.255 e. The topological polar surface area (TPSA) is 72.8 Å². The van der Waals surface area contributed by atoms with Gasteiger partial charge in [-0.3, -0.25) is 9.69 Å².